The largest absolute Gasteiger partial charge is 0.481 e. The molecule has 0 aromatic heterocycles. The van der Waals surface area contributed by atoms with Crippen LogP contribution in [0.2, 0.25) is 0 Å². The molecule has 0 heterocycles. The number of hydrogen-bond acceptors (Lipinski definition) is 6. The van der Waals surface area contributed by atoms with E-state index in [1.165, 1.54) is 0 Å². The van der Waals surface area contributed by atoms with Crippen molar-refractivity contribution in [3.05, 3.63) is 12.7 Å². The molecule has 0 aromatic rings. The van der Waals surface area contributed by atoms with Crippen LogP contribution in [-0.4, -0.2) is 45.1 Å². The SMILES string of the molecule is C=CC(N)OC(=O)CC(O)(CC(=O)O)C(=O)O. The minimum Gasteiger partial charge on any atom is -0.481 e. The standard InChI is InChI=1S/C9H13NO7/c1-2-5(10)17-7(13)4-9(16,8(14)15)3-6(11)12/h2,5,16H,1,3-4,10H2,(H,11,12)(H,14,15). The van der Waals surface area contributed by atoms with Crippen molar-refractivity contribution in [1.82, 2.24) is 0 Å². The second kappa shape index (κ2) is 5.97. The van der Waals surface area contributed by atoms with E-state index in [0.717, 1.165) is 6.08 Å². The first kappa shape index (κ1) is 15.1. The molecule has 0 saturated heterocycles. The average molecular weight is 247 g/mol. The third kappa shape index (κ3) is 5.09. The van der Waals surface area contributed by atoms with Crippen LogP contribution in [0, 0.1) is 0 Å². The van der Waals surface area contributed by atoms with Crippen LogP contribution in [0.1, 0.15) is 12.8 Å². The van der Waals surface area contributed by atoms with Crippen LogP contribution in [0.15, 0.2) is 12.7 Å². The molecule has 0 amide bonds. The number of rotatable bonds is 7. The number of carbonyl (C=O) groups excluding carboxylic acids is 1. The zero-order valence-corrected chi connectivity index (χ0v) is 8.83. The fourth-order valence-electron chi connectivity index (χ4n) is 0.944. The Bertz CT molecular complexity index is 340. The first-order chi connectivity index (χ1) is 7.71. The Morgan fingerprint density at radius 2 is 1.88 bits per heavy atom. The molecule has 8 heteroatoms. The van der Waals surface area contributed by atoms with Gasteiger partial charge >= 0.3 is 17.9 Å². The van der Waals surface area contributed by atoms with E-state index in [1.54, 1.807) is 0 Å². The first-order valence-corrected chi connectivity index (χ1v) is 4.46. The van der Waals surface area contributed by atoms with Gasteiger partial charge in [0.15, 0.2) is 11.8 Å². The lowest BCUT2D eigenvalue weighted by molar-refractivity contribution is -0.172. The predicted octanol–water partition coefficient (Wildman–Crippen LogP) is -1.32. The van der Waals surface area contributed by atoms with Crippen LogP contribution >= 0.6 is 0 Å². The Morgan fingerprint density at radius 1 is 1.35 bits per heavy atom. The molecule has 17 heavy (non-hydrogen) atoms. The van der Waals surface area contributed by atoms with Crippen LogP contribution in [-0.2, 0) is 19.1 Å². The molecule has 8 nitrogen and oxygen atoms in total. The van der Waals surface area contributed by atoms with Gasteiger partial charge in [-0.25, -0.2) is 4.79 Å². The summed E-state index contributed by atoms with van der Waals surface area (Å²) in [7, 11) is 0. The lowest BCUT2D eigenvalue weighted by Gasteiger charge is -2.20. The van der Waals surface area contributed by atoms with Gasteiger partial charge in [0.05, 0.1) is 12.8 Å². The molecule has 96 valence electrons. The van der Waals surface area contributed by atoms with Crippen molar-refractivity contribution in [3.8, 4) is 0 Å². The predicted molar refractivity (Wildman–Crippen MR) is 53.7 cm³/mol. The van der Waals surface area contributed by atoms with Gasteiger partial charge in [0.1, 0.15) is 0 Å². The van der Waals surface area contributed by atoms with Crippen molar-refractivity contribution in [2.24, 2.45) is 5.73 Å². The van der Waals surface area contributed by atoms with E-state index in [-0.39, 0.29) is 0 Å². The highest BCUT2D eigenvalue weighted by molar-refractivity contribution is 5.88. The Morgan fingerprint density at radius 3 is 2.24 bits per heavy atom. The summed E-state index contributed by atoms with van der Waals surface area (Å²) < 4.78 is 4.43. The second-order valence-electron chi connectivity index (χ2n) is 3.27. The number of aliphatic carboxylic acids is 2. The van der Waals surface area contributed by atoms with Crippen molar-refractivity contribution in [3.63, 3.8) is 0 Å². The molecule has 0 aliphatic heterocycles. The lowest BCUT2D eigenvalue weighted by atomic mass is 9.96. The van der Waals surface area contributed by atoms with Crippen molar-refractivity contribution in [1.29, 1.82) is 0 Å². The molecular weight excluding hydrogens is 234 g/mol. The van der Waals surface area contributed by atoms with Gasteiger partial charge in [-0.1, -0.05) is 6.58 Å². The topological polar surface area (TPSA) is 147 Å². The molecule has 0 bridgehead atoms. The summed E-state index contributed by atoms with van der Waals surface area (Å²) in [5.74, 6) is -4.52. The smallest absolute Gasteiger partial charge is 0.336 e. The van der Waals surface area contributed by atoms with Gasteiger partial charge in [0.25, 0.3) is 0 Å². The van der Waals surface area contributed by atoms with Gasteiger partial charge in [0, 0.05) is 0 Å². The molecule has 0 aliphatic rings. The van der Waals surface area contributed by atoms with Crippen LogP contribution in [0.4, 0.5) is 0 Å². The van der Waals surface area contributed by atoms with E-state index in [2.05, 4.69) is 11.3 Å². The van der Waals surface area contributed by atoms with Crippen molar-refractivity contribution in [2.75, 3.05) is 0 Å². The Labute approximate surface area is 96.3 Å². The monoisotopic (exact) mass is 247 g/mol. The van der Waals surface area contributed by atoms with Crippen LogP contribution in [0.5, 0.6) is 0 Å². The molecule has 0 saturated carbocycles. The van der Waals surface area contributed by atoms with Gasteiger partial charge < -0.3 is 20.1 Å². The second-order valence-corrected chi connectivity index (χ2v) is 3.27. The molecular formula is C9H13NO7. The molecule has 2 unspecified atom stereocenters. The summed E-state index contributed by atoms with van der Waals surface area (Å²) in [6.07, 6.45) is -2.21. The number of ether oxygens (including phenoxy) is 1. The van der Waals surface area contributed by atoms with E-state index < -0.39 is 42.6 Å². The number of carboxylic acid groups (broad SMARTS) is 2. The summed E-state index contributed by atoms with van der Waals surface area (Å²) in [5, 5.41) is 26.5. The van der Waals surface area contributed by atoms with Crippen molar-refractivity contribution >= 4 is 17.9 Å². The van der Waals surface area contributed by atoms with Crippen LogP contribution in [0.3, 0.4) is 0 Å². The molecule has 0 rings (SSSR count). The van der Waals surface area contributed by atoms with Crippen molar-refractivity contribution in [2.45, 2.75) is 24.7 Å². The zero-order chi connectivity index (χ0) is 13.6. The minimum atomic E-state index is -2.72. The van der Waals surface area contributed by atoms with E-state index in [4.69, 9.17) is 15.9 Å². The number of hydrogen-bond donors (Lipinski definition) is 4. The summed E-state index contributed by atoms with van der Waals surface area (Å²) in [4.78, 5) is 32.2. The van der Waals surface area contributed by atoms with Crippen molar-refractivity contribution < 1.29 is 34.4 Å². The maximum Gasteiger partial charge on any atom is 0.336 e. The maximum atomic E-state index is 11.1. The van der Waals surface area contributed by atoms with Gasteiger partial charge in [-0.05, 0) is 6.08 Å². The van der Waals surface area contributed by atoms with E-state index in [1.807, 2.05) is 0 Å². The van der Waals surface area contributed by atoms with Gasteiger partial charge in [-0.15, -0.1) is 0 Å². The summed E-state index contributed by atoms with van der Waals surface area (Å²) >= 11 is 0. The Kier molecular flexibility index (Phi) is 5.29. The Balaban J connectivity index is 4.65. The highest BCUT2D eigenvalue weighted by atomic mass is 16.6. The van der Waals surface area contributed by atoms with E-state index in [0.29, 0.717) is 0 Å². The highest BCUT2D eigenvalue weighted by Crippen LogP contribution is 2.17. The zero-order valence-electron chi connectivity index (χ0n) is 8.83. The maximum absolute atomic E-state index is 11.1. The Hall–Kier alpha value is -1.93. The number of aliphatic hydroxyl groups is 1. The van der Waals surface area contributed by atoms with E-state index in [9.17, 15) is 19.5 Å². The first-order valence-electron chi connectivity index (χ1n) is 4.46. The molecule has 0 fully saturated rings. The number of nitrogens with two attached hydrogens (primary N) is 1. The molecule has 0 radical (unpaired) electrons. The fourth-order valence-corrected chi connectivity index (χ4v) is 0.944. The van der Waals surface area contributed by atoms with Crippen LogP contribution < -0.4 is 5.73 Å². The van der Waals surface area contributed by atoms with Gasteiger partial charge in [-0.3, -0.25) is 15.3 Å². The number of esters is 1. The summed E-state index contributed by atoms with van der Waals surface area (Å²) in [6.45, 7) is 3.22. The number of carbonyl (C=O) groups is 3. The molecule has 0 spiro atoms. The summed E-state index contributed by atoms with van der Waals surface area (Å²) in [6, 6.07) is 0. The third-order valence-corrected chi connectivity index (χ3v) is 1.78. The molecule has 2 atom stereocenters. The lowest BCUT2D eigenvalue weighted by Crippen LogP contribution is -2.43. The number of carboxylic acids is 2. The van der Waals surface area contributed by atoms with Crippen LogP contribution in [0.25, 0.3) is 0 Å². The van der Waals surface area contributed by atoms with E-state index >= 15 is 0 Å². The normalized spacial score (nSPS) is 15.4. The third-order valence-electron chi connectivity index (χ3n) is 1.78. The van der Waals surface area contributed by atoms with Gasteiger partial charge in [-0.2, -0.15) is 0 Å². The summed E-state index contributed by atoms with van der Waals surface area (Å²) in [5.41, 5.74) is 2.45. The fraction of sp³-hybridized carbons (Fsp3) is 0.444. The van der Waals surface area contributed by atoms with Gasteiger partial charge in [0.2, 0.25) is 0 Å². The average Bonchev–Trinajstić information content (AvgIpc) is 2.15. The highest BCUT2D eigenvalue weighted by Gasteiger charge is 2.41. The molecule has 0 aromatic carbocycles. The minimum absolute atomic E-state index is 1.02. The molecule has 5 N–H and O–H groups in total. The quantitative estimate of drug-likeness (QED) is 0.246. The molecule has 0 aliphatic carbocycles.